The van der Waals surface area contributed by atoms with Crippen molar-refractivity contribution in [2.75, 3.05) is 25.0 Å². The second-order valence-electron chi connectivity index (χ2n) is 5.69. The van der Waals surface area contributed by atoms with Crippen LogP contribution in [0.25, 0.3) is 0 Å². The summed E-state index contributed by atoms with van der Waals surface area (Å²) in [6, 6.07) is 9.32. The molecule has 1 amide bonds. The molecule has 2 N–H and O–H groups in total. The van der Waals surface area contributed by atoms with E-state index in [1.54, 1.807) is 16.9 Å². The molecule has 0 spiro atoms. The quantitative estimate of drug-likeness (QED) is 0.871. The fraction of sp³-hybridized carbons (Fsp3) is 0.375. The number of aliphatic hydroxyl groups is 1. The topological polar surface area (TPSA) is 70.4 Å². The van der Waals surface area contributed by atoms with Gasteiger partial charge in [-0.05, 0) is 18.1 Å². The zero-order valence-electron chi connectivity index (χ0n) is 12.7. The number of nitrogens with zero attached hydrogens (tertiary/aromatic N) is 3. The monoisotopic (exact) mass is 334 g/mol. The normalized spacial score (nSPS) is 18.3. The highest BCUT2D eigenvalue weighted by Crippen LogP contribution is 2.18. The molecule has 0 bridgehead atoms. The van der Waals surface area contributed by atoms with Gasteiger partial charge in [0.15, 0.2) is 0 Å². The molecular weight excluding hydrogens is 316 g/mol. The van der Waals surface area contributed by atoms with Crippen molar-refractivity contribution in [3.8, 4) is 0 Å². The van der Waals surface area contributed by atoms with Gasteiger partial charge in [-0.1, -0.05) is 29.8 Å². The van der Waals surface area contributed by atoms with Gasteiger partial charge in [-0.15, -0.1) is 0 Å². The van der Waals surface area contributed by atoms with Crippen LogP contribution in [0.4, 0.5) is 5.82 Å². The van der Waals surface area contributed by atoms with Crippen LogP contribution >= 0.6 is 11.6 Å². The molecule has 2 aromatic rings. The van der Waals surface area contributed by atoms with E-state index in [1.165, 1.54) is 0 Å². The lowest BCUT2D eigenvalue weighted by molar-refractivity contribution is -0.117. The number of likely N-dealkylation sites (tertiary alicyclic amines) is 1. The van der Waals surface area contributed by atoms with E-state index in [9.17, 15) is 9.90 Å². The lowest BCUT2D eigenvalue weighted by Crippen LogP contribution is -2.32. The lowest BCUT2D eigenvalue weighted by atomic mass is 10.2. The van der Waals surface area contributed by atoms with E-state index in [-0.39, 0.29) is 18.6 Å². The largest absolute Gasteiger partial charge is 0.392 e. The molecule has 1 fully saturated rings. The van der Waals surface area contributed by atoms with Gasteiger partial charge in [0, 0.05) is 24.2 Å². The van der Waals surface area contributed by atoms with Gasteiger partial charge in [-0.2, -0.15) is 5.10 Å². The number of benzene rings is 1. The number of halogens is 1. The summed E-state index contributed by atoms with van der Waals surface area (Å²) < 4.78 is 1.71. The first-order valence-electron chi connectivity index (χ1n) is 7.57. The average Bonchev–Trinajstić information content (AvgIpc) is 3.11. The van der Waals surface area contributed by atoms with Crippen LogP contribution in [0.1, 0.15) is 12.0 Å². The van der Waals surface area contributed by atoms with E-state index in [0.29, 0.717) is 23.9 Å². The molecule has 3 rings (SSSR count). The number of amides is 1. The maximum Gasteiger partial charge on any atom is 0.239 e. The van der Waals surface area contributed by atoms with E-state index in [0.717, 1.165) is 18.5 Å². The van der Waals surface area contributed by atoms with Crippen LogP contribution in [-0.4, -0.2) is 51.4 Å². The Labute approximate surface area is 139 Å². The van der Waals surface area contributed by atoms with E-state index < -0.39 is 0 Å². The molecule has 0 unspecified atom stereocenters. The highest BCUT2D eigenvalue weighted by molar-refractivity contribution is 6.31. The maximum absolute atomic E-state index is 12.1. The summed E-state index contributed by atoms with van der Waals surface area (Å²) in [5.41, 5.74) is 0.941. The lowest BCUT2D eigenvalue weighted by Gasteiger charge is -2.15. The number of β-amino-alcohol motifs (C(OH)–C–C–N with tert-alkyl or cyclic N) is 1. The number of hydrogen-bond acceptors (Lipinski definition) is 4. The smallest absolute Gasteiger partial charge is 0.239 e. The first-order valence-corrected chi connectivity index (χ1v) is 7.95. The molecule has 1 aromatic carbocycles. The van der Waals surface area contributed by atoms with Crippen molar-refractivity contribution in [3.63, 3.8) is 0 Å². The van der Waals surface area contributed by atoms with Gasteiger partial charge in [-0.3, -0.25) is 9.69 Å². The van der Waals surface area contributed by atoms with Crippen LogP contribution in [0.15, 0.2) is 36.5 Å². The van der Waals surface area contributed by atoms with Gasteiger partial charge >= 0.3 is 0 Å². The Balaban J connectivity index is 1.62. The predicted molar refractivity (Wildman–Crippen MR) is 88.5 cm³/mol. The SMILES string of the molecule is O=C(CN1CC[C@H](O)C1)Nc1ccnn1Cc1ccccc1Cl. The molecule has 7 heteroatoms. The summed E-state index contributed by atoms with van der Waals surface area (Å²) in [5, 5.41) is 17.3. The molecule has 0 radical (unpaired) electrons. The molecule has 6 nitrogen and oxygen atoms in total. The number of rotatable bonds is 5. The van der Waals surface area contributed by atoms with Crippen molar-refractivity contribution in [2.45, 2.75) is 19.1 Å². The van der Waals surface area contributed by atoms with Gasteiger partial charge in [0.05, 0.1) is 25.4 Å². The predicted octanol–water partition coefficient (Wildman–Crippen LogP) is 1.59. The highest BCUT2D eigenvalue weighted by atomic mass is 35.5. The zero-order valence-corrected chi connectivity index (χ0v) is 13.4. The minimum Gasteiger partial charge on any atom is -0.392 e. The Hall–Kier alpha value is -1.89. The molecule has 0 saturated carbocycles. The van der Waals surface area contributed by atoms with Crippen LogP contribution in [-0.2, 0) is 11.3 Å². The summed E-state index contributed by atoms with van der Waals surface area (Å²) in [6.45, 7) is 2.05. The van der Waals surface area contributed by atoms with E-state index in [1.807, 2.05) is 29.2 Å². The molecule has 2 heterocycles. The molecule has 1 saturated heterocycles. The summed E-state index contributed by atoms with van der Waals surface area (Å²) in [7, 11) is 0. The fourth-order valence-corrected chi connectivity index (χ4v) is 2.89. The Morgan fingerprint density at radius 3 is 2.96 bits per heavy atom. The number of carbonyl (C=O) groups is 1. The number of anilines is 1. The van der Waals surface area contributed by atoms with Gasteiger partial charge in [0.2, 0.25) is 5.91 Å². The summed E-state index contributed by atoms with van der Waals surface area (Å²) in [4.78, 5) is 14.1. The van der Waals surface area contributed by atoms with Crippen molar-refractivity contribution >= 4 is 23.3 Å². The Kier molecular flexibility index (Phi) is 4.95. The van der Waals surface area contributed by atoms with Gasteiger partial charge in [0.1, 0.15) is 5.82 Å². The number of aliphatic hydroxyl groups excluding tert-OH is 1. The van der Waals surface area contributed by atoms with Crippen molar-refractivity contribution in [1.29, 1.82) is 0 Å². The van der Waals surface area contributed by atoms with Crippen LogP contribution in [0, 0.1) is 0 Å². The number of hydrogen-bond donors (Lipinski definition) is 2. The Morgan fingerprint density at radius 2 is 2.22 bits per heavy atom. The molecule has 1 aliphatic heterocycles. The third-order valence-electron chi connectivity index (χ3n) is 3.88. The van der Waals surface area contributed by atoms with Crippen molar-refractivity contribution < 1.29 is 9.90 Å². The molecule has 122 valence electrons. The summed E-state index contributed by atoms with van der Waals surface area (Å²) in [5.74, 6) is 0.523. The van der Waals surface area contributed by atoms with Crippen molar-refractivity contribution in [2.24, 2.45) is 0 Å². The van der Waals surface area contributed by atoms with Crippen molar-refractivity contribution in [1.82, 2.24) is 14.7 Å². The van der Waals surface area contributed by atoms with E-state index in [2.05, 4.69) is 10.4 Å². The minimum absolute atomic E-state index is 0.111. The van der Waals surface area contributed by atoms with E-state index in [4.69, 9.17) is 11.6 Å². The molecule has 1 aromatic heterocycles. The summed E-state index contributed by atoms with van der Waals surface area (Å²) >= 11 is 6.17. The van der Waals surface area contributed by atoms with Crippen molar-refractivity contribution in [3.05, 3.63) is 47.1 Å². The van der Waals surface area contributed by atoms with Crippen LogP contribution < -0.4 is 5.32 Å². The van der Waals surface area contributed by atoms with Crippen LogP contribution in [0.3, 0.4) is 0 Å². The number of aromatic nitrogens is 2. The Morgan fingerprint density at radius 1 is 1.39 bits per heavy atom. The molecule has 23 heavy (non-hydrogen) atoms. The third kappa shape index (κ3) is 4.10. The molecule has 1 atom stereocenters. The number of nitrogens with one attached hydrogen (secondary N) is 1. The second-order valence-corrected chi connectivity index (χ2v) is 6.10. The van der Waals surface area contributed by atoms with Gasteiger partial charge in [0.25, 0.3) is 0 Å². The average molecular weight is 335 g/mol. The van der Waals surface area contributed by atoms with E-state index >= 15 is 0 Å². The van der Waals surface area contributed by atoms with Crippen LogP contribution in [0.5, 0.6) is 0 Å². The Bertz CT molecular complexity index is 688. The zero-order chi connectivity index (χ0) is 16.2. The minimum atomic E-state index is -0.325. The second kappa shape index (κ2) is 7.12. The standard InChI is InChI=1S/C16H19ClN4O2/c17-14-4-2-1-3-12(14)9-21-15(5-7-18-21)19-16(23)11-20-8-6-13(22)10-20/h1-5,7,13,22H,6,8-11H2,(H,19,23)/t13-/m0/s1. The third-order valence-corrected chi connectivity index (χ3v) is 4.25. The van der Waals surface area contributed by atoms with Crippen LogP contribution in [0.2, 0.25) is 5.02 Å². The van der Waals surface area contributed by atoms with Gasteiger partial charge in [-0.25, -0.2) is 4.68 Å². The van der Waals surface area contributed by atoms with Gasteiger partial charge < -0.3 is 10.4 Å². The molecule has 0 aliphatic carbocycles. The highest BCUT2D eigenvalue weighted by Gasteiger charge is 2.22. The first-order chi connectivity index (χ1) is 11.1. The maximum atomic E-state index is 12.1. The summed E-state index contributed by atoms with van der Waals surface area (Å²) in [6.07, 6.45) is 2.04. The fourth-order valence-electron chi connectivity index (χ4n) is 2.69. The molecular formula is C16H19ClN4O2. The molecule has 1 aliphatic rings. The first kappa shape index (κ1) is 16.0. The number of carbonyl (C=O) groups excluding carboxylic acids is 1.